The van der Waals surface area contributed by atoms with Gasteiger partial charge in [-0.05, 0) is 39.0 Å². The molecule has 0 aliphatic rings. The molecule has 0 bridgehead atoms. The largest absolute Gasteiger partial charge is 0.350 e. The number of anilines is 1. The minimum absolute atomic E-state index is 0.00338. The van der Waals surface area contributed by atoms with Crippen molar-refractivity contribution in [1.82, 2.24) is 15.2 Å². The van der Waals surface area contributed by atoms with Gasteiger partial charge in [0.2, 0.25) is 5.91 Å². The number of hydrogen-bond donors (Lipinski definition) is 2. The van der Waals surface area contributed by atoms with Gasteiger partial charge in [0.25, 0.3) is 0 Å². The zero-order valence-electron chi connectivity index (χ0n) is 15.6. The predicted molar refractivity (Wildman–Crippen MR) is 103 cm³/mol. The molecule has 0 atom stereocenters. The van der Waals surface area contributed by atoms with Crippen molar-refractivity contribution in [2.75, 3.05) is 18.9 Å². The molecule has 0 radical (unpaired) electrons. The maximum absolute atomic E-state index is 12.3. The highest BCUT2D eigenvalue weighted by atomic mass is 32.1. The topological polar surface area (TPSA) is 74.3 Å². The standard InChI is InChI=1S/C18H26N4O2S/c1-11(2)16-20-13-8-7-12(9-14(13)25-16)19-17(24)22(6)10-15(23)21-18(3,4)5/h7-9,11H,10H2,1-6H3,(H,19,24)(H,21,23). The van der Waals surface area contributed by atoms with Gasteiger partial charge in [0.05, 0.1) is 15.2 Å². The summed E-state index contributed by atoms with van der Waals surface area (Å²) in [7, 11) is 1.60. The molecule has 136 valence electrons. The van der Waals surface area contributed by atoms with E-state index in [1.54, 1.807) is 18.4 Å². The number of rotatable bonds is 4. The SMILES string of the molecule is CC(C)c1nc2ccc(NC(=O)N(C)CC(=O)NC(C)(C)C)cc2s1. The van der Waals surface area contributed by atoms with Gasteiger partial charge in [-0.2, -0.15) is 0 Å². The van der Waals surface area contributed by atoms with E-state index in [-0.39, 0.29) is 24.0 Å². The van der Waals surface area contributed by atoms with Gasteiger partial charge in [-0.15, -0.1) is 11.3 Å². The van der Waals surface area contributed by atoms with Gasteiger partial charge in [-0.1, -0.05) is 13.8 Å². The Morgan fingerprint density at radius 1 is 1.28 bits per heavy atom. The molecule has 3 amide bonds. The van der Waals surface area contributed by atoms with Crippen molar-refractivity contribution in [2.45, 2.75) is 46.1 Å². The van der Waals surface area contributed by atoms with Crippen LogP contribution >= 0.6 is 11.3 Å². The van der Waals surface area contributed by atoms with Crippen molar-refractivity contribution < 1.29 is 9.59 Å². The molecule has 1 heterocycles. The van der Waals surface area contributed by atoms with E-state index in [0.717, 1.165) is 15.2 Å². The van der Waals surface area contributed by atoms with Crippen LogP contribution in [0.25, 0.3) is 10.2 Å². The number of nitrogens with one attached hydrogen (secondary N) is 2. The Morgan fingerprint density at radius 3 is 2.56 bits per heavy atom. The second-order valence-corrected chi connectivity index (χ2v) is 8.54. The lowest BCUT2D eigenvalue weighted by Gasteiger charge is -2.23. The lowest BCUT2D eigenvalue weighted by Crippen LogP contribution is -2.47. The quantitative estimate of drug-likeness (QED) is 0.869. The van der Waals surface area contributed by atoms with Gasteiger partial charge >= 0.3 is 6.03 Å². The van der Waals surface area contributed by atoms with E-state index in [2.05, 4.69) is 29.5 Å². The molecular formula is C18H26N4O2S. The van der Waals surface area contributed by atoms with Crippen LogP contribution in [0.2, 0.25) is 0 Å². The van der Waals surface area contributed by atoms with Crippen LogP contribution in [-0.2, 0) is 4.79 Å². The maximum atomic E-state index is 12.3. The number of aromatic nitrogens is 1. The van der Waals surface area contributed by atoms with Crippen LogP contribution in [0, 0.1) is 0 Å². The first-order chi connectivity index (χ1) is 11.5. The maximum Gasteiger partial charge on any atom is 0.322 e. The number of benzene rings is 1. The van der Waals surface area contributed by atoms with Gasteiger partial charge in [-0.25, -0.2) is 9.78 Å². The summed E-state index contributed by atoms with van der Waals surface area (Å²) in [6, 6.07) is 5.32. The number of urea groups is 1. The third-order valence-electron chi connectivity index (χ3n) is 3.39. The van der Waals surface area contributed by atoms with Crippen LogP contribution in [0.5, 0.6) is 0 Å². The van der Waals surface area contributed by atoms with E-state index >= 15 is 0 Å². The number of likely N-dealkylation sites (N-methyl/N-ethyl adjacent to an activating group) is 1. The molecule has 0 unspecified atom stereocenters. The summed E-state index contributed by atoms with van der Waals surface area (Å²) in [5.41, 5.74) is 1.31. The molecule has 2 N–H and O–H groups in total. The number of amides is 3. The van der Waals surface area contributed by atoms with Gasteiger partial charge < -0.3 is 15.5 Å². The third-order valence-corrected chi connectivity index (χ3v) is 4.71. The van der Waals surface area contributed by atoms with E-state index in [1.165, 1.54) is 4.90 Å². The average Bonchev–Trinajstić information content (AvgIpc) is 2.88. The summed E-state index contributed by atoms with van der Waals surface area (Å²) in [6.07, 6.45) is 0. The lowest BCUT2D eigenvalue weighted by molar-refractivity contribution is -0.122. The number of hydrogen-bond acceptors (Lipinski definition) is 4. The molecule has 1 aromatic carbocycles. The second-order valence-electron chi connectivity index (χ2n) is 7.47. The fourth-order valence-electron chi connectivity index (χ4n) is 2.23. The molecule has 2 rings (SSSR count). The van der Waals surface area contributed by atoms with E-state index in [0.29, 0.717) is 11.6 Å². The van der Waals surface area contributed by atoms with Crippen molar-refractivity contribution in [3.05, 3.63) is 23.2 Å². The summed E-state index contributed by atoms with van der Waals surface area (Å²) in [5, 5.41) is 6.74. The number of carbonyl (C=O) groups excluding carboxylic acids is 2. The molecule has 25 heavy (non-hydrogen) atoms. The smallest absolute Gasteiger partial charge is 0.322 e. The Bertz CT molecular complexity index is 777. The molecule has 7 heteroatoms. The molecular weight excluding hydrogens is 336 g/mol. The normalized spacial score (nSPS) is 11.6. The molecule has 0 fully saturated rings. The number of fused-ring (bicyclic) bond motifs is 1. The van der Waals surface area contributed by atoms with E-state index in [9.17, 15) is 9.59 Å². The highest BCUT2D eigenvalue weighted by Gasteiger charge is 2.18. The van der Waals surface area contributed by atoms with Crippen molar-refractivity contribution >= 4 is 39.2 Å². The summed E-state index contributed by atoms with van der Waals surface area (Å²) < 4.78 is 1.04. The van der Waals surface area contributed by atoms with Crippen LogP contribution in [-0.4, -0.2) is 41.0 Å². The summed E-state index contributed by atoms with van der Waals surface area (Å²) in [5.74, 6) is 0.188. The van der Waals surface area contributed by atoms with Gasteiger partial charge in [-0.3, -0.25) is 4.79 Å². The molecule has 0 saturated heterocycles. The van der Waals surface area contributed by atoms with Crippen LogP contribution in [0.15, 0.2) is 18.2 Å². The minimum atomic E-state index is -0.322. The van der Waals surface area contributed by atoms with E-state index in [4.69, 9.17) is 0 Å². The molecule has 0 aliphatic carbocycles. The van der Waals surface area contributed by atoms with Crippen LogP contribution in [0.3, 0.4) is 0 Å². The first-order valence-electron chi connectivity index (χ1n) is 8.29. The Kier molecular flexibility index (Phi) is 5.67. The fourth-order valence-corrected chi connectivity index (χ4v) is 3.24. The molecule has 6 nitrogen and oxygen atoms in total. The fraction of sp³-hybridized carbons (Fsp3) is 0.500. The second kappa shape index (κ2) is 7.39. The molecule has 1 aromatic heterocycles. The number of thiazole rings is 1. The summed E-state index contributed by atoms with van der Waals surface area (Å²) >= 11 is 1.63. The van der Waals surface area contributed by atoms with Gasteiger partial charge in [0.1, 0.15) is 6.54 Å². The third kappa shape index (κ3) is 5.42. The summed E-state index contributed by atoms with van der Waals surface area (Å²) in [6.45, 7) is 9.93. The average molecular weight is 362 g/mol. The Labute approximate surface area is 152 Å². The van der Waals surface area contributed by atoms with Crippen molar-refractivity contribution in [1.29, 1.82) is 0 Å². The highest BCUT2D eigenvalue weighted by Crippen LogP contribution is 2.29. The van der Waals surface area contributed by atoms with Crippen LogP contribution in [0.1, 0.15) is 45.5 Å². The molecule has 2 aromatic rings. The number of nitrogens with zero attached hydrogens (tertiary/aromatic N) is 2. The van der Waals surface area contributed by atoms with Gasteiger partial charge in [0.15, 0.2) is 0 Å². The number of carbonyl (C=O) groups is 2. The Balaban J connectivity index is 2.02. The van der Waals surface area contributed by atoms with Crippen LogP contribution < -0.4 is 10.6 Å². The van der Waals surface area contributed by atoms with Gasteiger partial charge in [0, 0.05) is 24.2 Å². The lowest BCUT2D eigenvalue weighted by atomic mass is 10.1. The molecule has 0 aliphatic heterocycles. The highest BCUT2D eigenvalue weighted by molar-refractivity contribution is 7.18. The van der Waals surface area contributed by atoms with E-state index < -0.39 is 0 Å². The minimum Gasteiger partial charge on any atom is -0.350 e. The van der Waals surface area contributed by atoms with E-state index in [1.807, 2.05) is 39.0 Å². The Hall–Kier alpha value is -2.15. The zero-order valence-corrected chi connectivity index (χ0v) is 16.5. The summed E-state index contributed by atoms with van der Waals surface area (Å²) in [4.78, 5) is 30.2. The first-order valence-corrected chi connectivity index (χ1v) is 9.10. The van der Waals surface area contributed by atoms with Crippen molar-refractivity contribution in [3.8, 4) is 0 Å². The zero-order chi connectivity index (χ0) is 18.8. The Morgan fingerprint density at radius 2 is 1.96 bits per heavy atom. The van der Waals surface area contributed by atoms with Crippen LogP contribution in [0.4, 0.5) is 10.5 Å². The van der Waals surface area contributed by atoms with Crippen molar-refractivity contribution in [3.63, 3.8) is 0 Å². The predicted octanol–water partition coefficient (Wildman–Crippen LogP) is 3.80. The monoisotopic (exact) mass is 362 g/mol. The molecule has 0 spiro atoms. The molecule has 0 saturated carbocycles. The van der Waals surface area contributed by atoms with Crippen molar-refractivity contribution in [2.24, 2.45) is 0 Å². The first kappa shape index (κ1) is 19.2.